The van der Waals surface area contributed by atoms with Gasteiger partial charge in [-0.2, -0.15) is 18.3 Å². The first-order valence-corrected chi connectivity index (χ1v) is 14.2. The second-order valence-electron chi connectivity index (χ2n) is 11.0. The number of nitrogens with zero attached hydrogens (tertiary/aromatic N) is 5. The Balaban J connectivity index is 1.55. The Hall–Kier alpha value is -3.64. The highest BCUT2D eigenvalue weighted by molar-refractivity contribution is 7.13. The Morgan fingerprint density at radius 3 is 2.66 bits per heavy atom. The second-order valence-corrected chi connectivity index (χ2v) is 11.9. The number of alkyl halides is 3. The van der Waals surface area contributed by atoms with Gasteiger partial charge in [0, 0.05) is 48.7 Å². The molecule has 0 spiro atoms. The maximum Gasteiger partial charge on any atom is 0.416 e. The molecule has 1 fully saturated rings. The van der Waals surface area contributed by atoms with E-state index in [1.54, 1.807) is 29.6 Å². The van der Waals surface area contributed by atoms with Crippen LogP contribution in [0.15, 0.2) is 42.2 Å². The van der Waals surface area contributed by atoms with Crippen LogP contribution >= 0.6 is 11.3 Å². The molecule has 8 nitrogen and oxygen atoms in total. The first-order valence-electron chi connectivity index (χ1n) is 13.4. The summed E-state index contributed by atoms with van der Waals surface area (Å²) in [5.41, 5.74) is 5.25. The van der Waals surface area contributed by atoms with Crippen molar-refractivity contribution in [2.24, 2.45) is 7.05 Å². The van der Waals surface area contributed by atoms with Crippen LogP contribution in [0.2, 0.25) is 0 Å². The van der Waals surface area contributed by atoms with Gasteiger partial charge in [-0.05, 0) is 62.9 Å². The van der Waals surface area contributed by atoms with Gasteiger partial charge in [-0.15, -0.1) is 11.3 Å². The van der Waals surface area contributed by atoms with Gasteiger partial charge in [0.25, 0.3) is 5.91 Å². The summed E-state index contributed by atoms with van der Waals surface area (Å²) < 4.78 is 50.5. The van der Waals surface area contributed by atoms with E-state index in [0.29, 0.717) is 24.3 Å². The molecule has 0 radical (unpaired) electrons. The van der Waals surface area contributed by atoms with Crippen LogP contribution < -0.4 is 4.74 Å². The highest BCUT2D eigenvalue weighted by Gasteiger charge is 2.56. The van der Waals surface area contributed by atoms with Gasteiger partial charge in [0.05, 0.1) is 34.4 Å². The molecular formula is C29H30F3N5O3S. The highest BCUT2D eigenvalue weighted by atomic mass is 32.1. The lowest BCUT2D eigenvalue weighted by atomic mass is 9.90. The number of likely N-dealkylation sites (tertiary alicyclic amines) is 1. The number of carbonyl (C=O) groups is 1. The Kier molecular flexibility index (Phi) is 6.53. The molecule has 0 unspecified atom stereocenters. The normalized spacial score (nSPS) is 21.1. The molecule has 4 aromatic rings. The summed E-state index contributed by atoms with van der Waals surface area (Å²) in [7, 11) is 3.45. The molecule has 3 atom stereocenters. The molecule has 2 aliphatic heterocycles. The predicted molar refractivity (Wildman–Crippen MR) is 149 cm³/mol. The third-order valence-electron chi connectivity index (χ3n) is 8.41. The SMILES string of the molecule is COc1cc2c(cc1-c1ccn(C)n1)-c1c(-c3cncs3)cc(C(=O)N3CCC[C@]3(C)[C@H](O)C(F)(F)F)n1[C@H](C)C2. The lowest BCUT2D eigenvalue weighted by Crippen LogP contribution is -2.58. The molecule has 3 aromatic heterocycles. The summed E-state index contributed by atoms with van der Waals surface area (Å²) in [5, 5.41) is 14.9. The molecular weight excluding hydrogens is 555 g/mol. The molecule has 216 valence electrons. The molecule has 1 aromatic carbocycles. The molecule has 12 heteroatoms. The number of halogens is 3. The number of aryl methyl sites for hydroxylation is 1. The fourth-order valence-electron chi connectivity index (χ4n) is 6.40. The summed E-state index contributed by atoms with van der Waals surface area (Å²) in [6.07, 6.45) is -2.91. The number of carbonyl (C=O) groups excluding carboxylic acids is 1. The second kappa shape index (κ2) is 9.73. The fourth-order valence-corrected chi connectivity index (χ4v) is 7.04. The maximum absolute atomic E-state index is 14.2. The van der Waals surface area contributed by atoms with E-state index in [-0.39, 0.29) is 19.0 Å². The standard InChI is InChI=1S/C29H30F3N5O3S/c1-16-10-17-11-23(40-4)19(21-6-9-35(3)34-21)12-18(17)25-20(24-14-33-15-41-24)13-22(37(16)25)26(38)36-8-5-7-28(36,2)27(39)29(30,31)32/h6,9,11-16,27,39H,5,7-8,10H2,1-4H3/t16-,27+,28-/m1/s1. The average molecular weight is 586 g/mol. The molecule has 0 aliphatic carbocycles. The molecule has 0 saturated carbocycles. The zero-order chi connectivity index (χ0) is 29.3. The zero-order valence-corrected chi connectivity index (χ0v) is 23.9. The largest absolute Gasteiger partial charge is 0.496 e. The van der Waals surface area contributed by atoms with Crippen molar-refractivity contribution in [2.45, 2.75) is 57.0 Å². The summed E-state index contributed by atoms with van der Waals surface area (Å²) in [6.45, 7) is 3.45. The van der Waals surface area contributed by atoms with Gasteiger partial charge >= 0.3 is 6.18 Å². The molecule has 1 saturated heterocycles. The lowest BCUT2D eigenvalue weighted by molar-refractivity contribution is -0.232. The van der Waals surface area contributed by atoms with E-state index in [1.165, 1.54) is 23.2 Å². The molecule has 1 N–H and O–H groups in total. The van der Waals surface area contributed by atoms with Gasteiger partial charge in [-0.25, -0.2) is 0 Å². The van der Waals surface area contributed by atoms with Gasteiger partial charge in [0.2, 0.25) is 0 Å². The minimum atomic E-state index is -4.85. The van der Waals surface area contributed by atoms with Crippen molar-refractivity contribution in [3.8, 4) is 38.7 Å². The topological polar surface area (TPSA) is 85.4 Å². The van der Waals surface area contributed by atoms with Crippen LogP contribution in [0.1, 0.15) is 48.8 Å². The van der Waals surface area contributed by atoms with Crippen molar-refractivity contribution < 1.29 is 27.8 Å². The summed E-state index contributed by atoms with van der Waals surface area (Å²) in [4.78, 5) is 20.5. The van der Waals surface area contributed by atoms with E-state index in [1.807, 2.05) is 42.9 Å². The number of aromatic nitrogens is 4. The van der Waals surface area contributed by atoms with Crippen molar-refractivity contribution in [3.63, 3.8) is 0 Å². The van der Waals surface area contributed by atoms with E-state index < -0.39 is 23.7 Å². The number of fused-ring (bicyclic) bond motifs is 3. The van der Waals surface area contributed by atoms with E-state index in [9.17, 15) is 23.1 Å². The Bertz CT molecular complexity index is 1630. The fraction of sp³-hybridized carbons (Fsp3) is 0.414. The van der Waals surface area contributed by atoms with E-state index in [2.05, 4.69) is 10.1 Å². The first kappa shape index (κ1) is 27.5. The van der Waals surface area contributed by atoms with Crippen LogP contribution in [0.3, 0.4) is 0 Å². The van der Waals surface area contributed by atoms with E-state index >= 15 is 0 Å². The molecule has 2 aliphatic rings. The summed E-state index contributed by atoms with van der Waals surface area (Å²) >= 11 is 1.42. The van der Waals surface area contributed by atoms with Crippen LogP contribution in [0, 0.1) is 0 Å². The number of hydrogen-bond donors (Lipinski definition) is 1. The predicted octanol–water partition coefficient (Wildman–Crippen LogP) is 5.72. The van der Waals surface area contributed by atoms with Gasteiger partial charge in [-0.1, -0.05) is 0 Å². The number of rotatable bonds is 5. The smallest absolute Gasteiger partial charge is 0.416 e. The van der Waals surface area contributed by atoms with Crippen LogP contribution in [0.25, 0.3) is 33.0 Å². The Morgan fingerprint density at radius 1 is 1.24 bits per heavy atom. The monoisotopic (exact) mass is 585 g/mol. The van der Waals surface area contributed by atoms with Crippen molar-refractivity contribution >= 4 is 17.2 Å². The third-order valence-corrected chi connectivity index (χ3v) is 9.21. The minimum absolute atomic E-state index is 0.0559. The number of hydrogen-bond acceptors (Lipinski definition) is 6. The third kappa shape index (κ3) is 4.35. The number of thiazole rings is 1. The van der Waals surface area contributed by atoms with Crippen molar-refractivity contribution in [1.29, 1.82) is 0 Å². The van der Waals surface area contributed by atoms with Crippen LogP contribution in [0.4, 0.5) is 13.2 Å². The number of methoxy groups -OCH3 is 1. The van der Waals surface area contributed by atoms with E-state index in [0.717, 1.165) is 38.5 Å². The molecule has 6 rings (SSSR count). The van der Waals surface area contributed by atoms with Gasteiger partial charge in [0.1, 0.15) is 11.4 Å². The van der Waals surface area contributed by atoms with E-state index in [4.69, 9.17) is 4.74 Å². The van der Waals surface area contributed by atoms with Gasteiger partial charge in [-0.3, -0.25) is 14.5 Å². The van der Waals surface area contributed by atoms with Crippen molar-refractivity contribution in [3.05, 3.63) is 53.4 Å². The minimum Gasteiger partial charge on any atom is -0.496 e. The number of aliphatic hydroxyl groups excluding tert-OH is 1. The number of benzene rings is 1. The Morgan fingerprint density at radius 2 is 2.02 bits per heavy atom. The molecule has 0 bridgehead atoms. The van der Waals surface area contributed by atoms with Crippen LogP contribution in [-0.4, -0.2) is 66.7 Å². The number of aliphatic hydroxyl groups is 1. The van der Waals surface area contributed by atoms with Crippen LogP contribution in [0.5, 0.6) is 5.75 Å². The van der Waals surface area contributed by atoms with Gasteiger partial charge in [0.15, 0.2) is 6.10 Å². The first-order chi connectivity index (χ1) is 19.4. The molecule has 1 amide bonds. The van der Waals surface area contributed by atoms with Crippen molar-refractivity contribution in [1.82, 2.24) is 24.2 Å². The Labute approximate surface area is 239 Å². The average Bonchev–Trinajstić information content (AvgIpc) is 3.73. The molecule has 41 heavy (non-hydrogen) atoms. The van der Waals surface area contributed by atoms with Crippen molar-refractivity contribution in [2.75, 3.05) is 13.7 Å². The highest BCUT2D eigenvalue weighted by Crippen LogP contribution is 2.48. The number of ether oxygens (including phenoxy) is 1. The number of amides is 1. The van der Waals surface area contributed by atoms with Gasteiger partial charge < -0.3 is 19.3 Å². The zero-order valence-electron chi connectivity index (χ0n) is 23.1. The summed E-state index contributed by atoms with van der Waals surface area (Å²) in [5.74, 6) is 0.151. The maximum atomic E-state index is 14.2. The molecule has 5 heterocycles. The van der Waals surface area contributed by atoms with Crippen LogP contribution in [-0.2, 0) is 13.5 Å². The quantitative estimate of drug-likeness (QED) is 0.324. The lowest BCUT2D eigenvalue weighted by Gasteiger charge is -2.40. The summed E-state index contributed by atoms with van der Waals surface area (Å²) in [6, 6.07) is 7.50.